The Bertz CT molecular complexity index is 656. The van der Waals surface area contributed by atoms with E-state index in [4.69, 9.17) is 0 Å². The number of aryl methyl sites for hydroxylation is 1. The third-order valence-electron chi connectivity index (χ3n) is 3.52. The molecule has 0 atom stereocenters. The Hall–Kier alpha value is -2.36. The fourth-order valence-electron chi connectivity index (χ4n) is 2.66. The van der Waals surface area contributed by atoms with Crippen molar-refractivity contribution in [1.29, 1.82) is 0 Å². The maximum absolute atomic E-state index is 11.2. The predicted molar refractivity (Wildman–Crippen MR) is 80.1 cm³/mol. The van der Waals surface area contributed by atoms with E-state index >= 15 is 0 Å². The number of hydrogen-bond acceptors (Lipinski definition) is 2. The maximum Gasteiger partial charge on any atom is 0.221 e. The average molecular weight is 267 g/mol. The van der Waals surface area contributed by atoms with Crippen molar-refractivity contribution in [2.45, 2.75) is 26.2 Å². The van der Waals surface area contributed by atoms with Gasteiger partial charge in [0.2, 0.25) is 5.91 Å². The zero-order chi connectivity index (χ0) is 13.9. The SMILES string of the molecule is CC(=O)Nc1ccc2c(c1)/C(=C\c1cnc[nH]1)CCC2. The molecule has 20 heavy (non-hydrogen) atoms. The molecule has 1 aliphatic carbocycles. The quantitative estimate of drug-likeness (QED) is 0.877. The number of rotatable bonds is 2. The van der Waals surface area contributed by atoms with Gasteiger partial charge in [-0.25, -0.2) is 4.98 Å². The zero-order valence-electron chi connectivity index (χ0n) is 11.4. The minimum atomic E-state index is -0.0418. The molecule has 2 aromatic rings. The molecule has 0 unspecified atom stereocenters. The van der Waals surface area contributed by atoms with E-state index in [0.717, 1.165) is 30.6 Å². The molecule has 3 rings (SSSR count). The van der Waals surface area contributed by atoms with Crippen LogP contribution in [0.3, 0.4) is 0 Å². The van der Waals surface area contributed by atoms with E-state index in [1.165, 1.54) is 23.6 Å². The Labute approximate surface area is 117 Å². The first-order valence-corrected chi connectivity index (χ1v) is 6.82. The van der Waals surface area contributed by atoms with Crippen molar-refractivity contribution in [3.63, 3.8) is 0 Å². The van der Waals surface area contributed by atoms with Crippen molar-refractivity contribution in [3.05, 3.63) is 47.5 Å². The minimum absolute atomic E-state index is 0.0418. The first-order valence-electron chi connectivity index (χ1n) is 6.82. The van der Waals surface area contributed by atoms with E-state index in [9.17, 15) is 4.79 Å². The lowest BCUT2D eigenvalue weighted by atomic mass is 9.86. The summed E-state index contributed by atoms with van der Waals surface area (Å²) in [6.45, 7) is 1.53. The molecule has 0 fully saturated rings. The van der Waals surface area contributed by atoms with Crippen LogP contribution in [0.5, 0.6) is 0 Å². The Morgan fingerprint density at radius 1 is 1.40 bits per heavy atom. The number of fused-ring (bicyclic) bond motifs is 1. The summed E-state index contributed by atoms with van der Waals surface area (Å²) >= 11 is 0. The van der Waals surface area contributed by atoms with Gasteiger partial charge in [-0.15, -0.1) is 0 Å². The van der Waals surface area contributed by atoms with Gasteiger partial charge in [0.1, 0.15) is 0 Å². The Morgan fingerprint density at radius 3 is 3.05 bits per heavy atom. The molecule has 0 saturated heterocycles. The number of carbonyl (C=O) groups excluding carboxylic acids is 1. The van der Waals surface area contributed by atoms with E-state index in [0.29, 0.717) is 0 Å². The molecule has 1 aliphatic rings. The van der Waals surface area contributed by atoms with Gasteiger partial charge in [0, 0.05) is 12.6 Å². The van der Waals surface area contributed by atoms with Crippen molar-refractivity contribution in [3.8, 4) is 0 Å². The lowest BCUT2D eigenvalue weighted by Crippen LogP contribution is -2.08. The van der Waals surface area contributed by atoms with Gasteiger partial charge in [-0.05, 0) is 54.2 Å². The van der Waals surface area contributed by atoms with Crippen molar-refractivity contribution < 1.29 is 4.79 Å². The molecule has 102 valence electrons. The molecule has 1 aromatic carbocycles. The van der Waals surface area contributed by atoms with Crippen LogP contribution < -0.4 is 5.32 Å². The van der Waals surface area contributed by atoms with Crippen LogP contribution in [0.4, 0.5) is 5.69 Å². The third kappa shape index (κ3) is 2.64. The molecular formula is C16H17N3O. The van der Waals surface area contributed by atoms with Gasteiger partial charge < -0.3 is 10.3 Å². The fourth-order valence-corrected chi connectivity index (χ4v) is 2.66. The van der Waals surface area contributed by atoms with Crippen molar-refractivity contribution >= 4 is 23.2 Å². The summed E-state index contributed by atoms with van der Waals surface area (Å²) in [5, 5.41) is 2.85. The number of allylic oxidation sites excluding steroid dienone is 1. The van der Waals surface area contributed by atoms with Gasteiger partial charge in [-0.3, -0.25) is 4.79 Å². The topological polar surface area (TPSA) is 57.8 Å². The largest absolute Gasteiger partial charge is 0.345 e. The highest BCUT2D eigenvalue weighted by Crippen LogP contribution is 2.33. The van der Waals surface area contributed by atoms with Crippen LogP contribution in [0, 0.1) is 0 Å². The number of nitrogens with zero attached hydrogens (tertiary/aromatic N) is 1. The van der Waals surface area contributed by atoms with Crippen molar-refractivity contribution in [1.82, 2.24) is 9.97 Å². The van der Waals surface area contributed by atoms with Gasteiger partial charge in [0.05, 0.1) is 18.2 Å². The van der Waals surface area contributed by atoms with E-state index in [-0.39, 0.29) is 5.91 Å². The lowest BCUT2D eigenvalue weighted by molar-refractivity contribution is -0.114. The summed E-state index contributed by atoms with van der Waals surface area (Å²) in [4.78, 5) is 18.3. The standard InChI is InChI=1S/C16H17N3O/c1-11(20)19-14-6-5-12-3-2-4-13(16(12)8-14)7-15-9-17-10-18-15/h5-10H,2-4H2,1H3,(H,17,18)(H,19,20)/b13-7-. The molecule has 4 nitrogen and oxygen atoms in total. The van der Waals surface area contributed by atoms with Crippen LogP contribution in [0.15, 0.2) is 30.7 Å². The molecule has 4 heteroatoms. The number of imidazole rings is 1. The zero-order valence-corrected chi connectivity index (χ0v) is 11.4. The fraction of sp³-hybridized carbons (Fsp3) is 0.250. The Kier molecular flexibility index (Phi) is 3.37. The number of aromatic amines is 1. The van der Waals surface area contributed by atoms with Crippen molar-refractivity contribution in [2.75, 3.05) is 5.32 Å². The van der Waals surface area contributed by atoms with E-state index in [1.807, 2.05) is 12.3 Å². The summed E-state index contributed by atoms with van der Waals surface area (Å²) in [7, 11) is 0. The summed E-state index contributed by atoms with van der Waals surface area (Å²) in [6.07, 6.45) is 8.95. The maximum atomic E-state index is 11.2. The first kappa shape index (κ1) is 12.7. The van der Waals surface area contributed by atoms with E-state index in [1.54, 1.807) is 6.33 Å². The van der Waals surface area contributed by atoms with Crippen LogP contribution in [0.2, 0.25) is 0 Å². The summed E-state index contributed by atoms with van der Waals surface area (Å²) in [5.41, 5.74) is 5.74. The number of amides is 1. The molecule has 1 aromatic heterocycles. The van der Waals surface area contributed by atoms with Crippen LogP contribution in [0.1, 0.15) is 36.6 Å². The summed E-state index contributed by atoms with van der Waals surface area (Å²) < 4.78 is 0. The average Bonchev–Trinajstić information content (AvgIpc) is 2.92. The molecule has 1 heterocycles. The minimum Gasteiger partial charge on any atom is -0.345 e. The first-order chi connectivity index (χ1) is 9.72. The van der Waals surface area contributed by atoms with E-state index in [2.05, 4.69) is 33.5 Å². The second-order valence-corrected chi connectivity index (χ2v) is 5.08. The van der Waals surface area contributed by atoms with E-state index < -0.39 is 0 Å². The van der Waals surface area contributed by atoms with Gasteiger partial charge in [-0.1, -0.05) is 6.07 Å². The number of nitrogens with one attached hydrogen (secondary N) is 2. The molecule has 1 amide bonds. The monoisotopic (exact) mass is 267 g/mol. The Morgan fingerprint density at radius 2 is 2.30 bits per heavy atom. The van der Waals surface area contributed by atoms with Gasteiger partial charge in [0.25, 0.3) is 0 Å². The molecule has 0 spiro atoms. The van der Waals surface area contributed by atoms with Gasteiger partial charge in [0.15, 0.2) is 0 Å². The molecule has 0 saturated carbocycles. The second kappa shape index (κ2) is 5.33. The van der Waals surface area contributed by atoms with Gasteiger partial charge >= 0.3 is 0 Å². The molecule has 0 bridgehead atoms. The molecule has 0 radical (unpaired) electrons. The number of hydrogen-bond donors (Lipinski definition) is 2. The molecule has 0 aliphatic heterocycles. The number of anilines is 1. The number of carbonyl (C=O) groups is 1. The number of H-pyrrole nitrogens is 1. The third-order valence-corrected chi connectivity index (χ3v) is 3.52. The highest BCUT2D eigenvalue weighted by molar-refractivity contribution is 5.90. The summed E-state index contributed by atoms with van der Waals surface area (Å²) in [6, 6.07) is 6.15. The van der Waals surface area contributed by atoms with Crippen molar-refractivity contribution in [2.24, 2.45) is 0 Å². The smallest absolute Gasteiger partial charge is 0.221 e. The van der Waals surface area contributed by atoms with Crippen LogP contribution >= 0.6 is 0 Å². The second-order valence-electron chi connectivity index (χ2n) is 5.08. The number of benzene rings is 1. The van der Waals surface area contributed by atoms with Crippen LogP contribution in [-0.2, 0) is 11.2 Å². The van der Waals surface area contributed by atoms with Gasteiger partial charge in [-0.2, -0.15) is 0 Å². The number of aromatic nitrogens is 2. The highest BCUT2D eigenvalue weighted by Gasteiger charge is 2.15. The molecule has 2 N–H and O–H groups in total. The Balaban J connectivity index is 2.00. The normalized spacial score (nSPS) is 15.9. The predicted octanol–water partition coefficient (Wildman–Crippen LogP) is 3.25. The molecular weight excluding hydrogens is 250 g/mol. The lowest BCUT2D eigenvalue weighted by Gasteiger charge is -2.20. The highest BCUT2D eigenvalue weighted by atomic mass is 16.1. The van der Waals surface area contributed by atoms with Crippen LogP contribution in [0.25, 0.3) is 11.6 Å². The summed E-state index contributed by atoms with van der Waals surface area (Å²) in [5.74, 6) is -0.0418. The van der Waals surface area contributed by atoms with Crippen LogP contribution in [-0.4, -0.2) is 15.9 Å².